The van der Waals surface area contributed by atoms with Crippen LogP contribution in [0.3, 0.4) is 0 Å². The van der Waals surface area contributed by atoms with Crippen LogP contribution < -0.4 is 10.2 Å². The predicted octanol–water partition coefficient (Wildman–Crippen LogP) is 2.78. The number of pyridine rings is 2. The van der Waals surface area contributed by atoms with Crippen molar-refractivity contribution < 1.29 is 9.18 Å². The summed E-state index contributed by atoms with van der Waals surface area (Å²) in [5.74, 6) is 0.508. The first-order valence-corrected chi connectivity index (χ1v) is 7.72. The molecule has 0 unspecified atom stereocenters. The van der Waals surface area contributed by atoms with Crippen LogP contribution in [0.2, 0.25) is 0 Å². The van der Waals surface area contributed by atoms with Crippen LogP contribution in [-0.4, -0.2) is 29.0 Å². The maximum atomic E-state index is 13.8. The number of carbonyl (C=O) groups is 1. The fraction of sp³-hybridized carbons (Fsp3) is 0.353. The molecule has 5 nitrogen and oxygen atoms in total. The summed E-state index contributed by atoms with van der Waals surface area (Å²) in [6.07, 6.45) is 4.66. The summed E-state index contributed by atoms with van der Waals surface area (Å²) in [6, 6.07) is 6.69. The van der Waals surface area contributed by atoms with Crippen LogP contribution in [0.4, 0.5) is 16.0 Å². The first-order chi connectivity index (χ1) is 11.1. The van der Waals surface area contributed by atoms with Gasteiger partial charge < -0.3 is 10.2 Å². The number of aryl methyl sites for hydroxylation is 1. The van der Waals surface area contributed by atoms with Crippen LogP contribution in [0.5, 0.6) is 0 Å². The molecule has 1 saturated heterocycles. The molecule has 1 amide bonds. The molecule has 1 fully saturated rings. The van der Waals surface area contributed by atoms with E-state index in [0.717, 1.165) is 5.56 Å². The molecule has 0 atom stereocenters. The van der Waals surface area contributed by atoms with Gasteiger partial charge in [-0.2, -0.15) is 0 Å². The van der Waals surface area contributed by atoms with Crippen LogP contribution in [0, 0.1) is 18.7 Å². The maximum Gasteiger partial charge on any atom is 0.228 e. The van der Waals surface area contributed by atoms with E-state index in [0.29, 0.717) is 37.6 Å². The van der Waals surface area contributed by atoms with Crippen molar-refractivity contribution in [2.45, 2.75) is 19.8 Å². The van der Waals surface area contributed by atoms with Crippen molar-refractivity contribution in [1.82, 2.24) is 9.97 Å². The Hall–Kier alpha value is -2.50. The van der Waals surface area contributed by atoms with E-state index < -0.39 is 0 Å². The normalized spacial score (nSPS) is 15.5. The second kappa shape index (κ2) is 6.73. The van der Waals surface area contributed by atoms with Gasteiger partial charge in [-0.05, 0) is 43.5 Å². The Kier molecular flexibility index (Phi) is 4.50. The van der Waals surface area contributed by atoms with E-state index in [9.17, 15) is 9.18 Å². The van der Waals surface area contributed by atoms with Gasteiger partial charge in [-0.15, -0.1) is 0 Å². The molecule has 3 heterocycles. The average Bonchev–Trinajstić information content (AvgIpc) is 2.57. The number of aromatic nitrogens is 2. The van der Waals surface area contributed by atoms with Gasteiger partial charge in [0.2, 0.25) is 5.91 Å². The van der Waals surface area contributed by atoms with Crippen molar-refractivity contribution in [2.24, 2.45) is 5.92 Å². The van der Waals surface area contributed by atoms with Gasteiger partial charge in [-0.25, -0.2) is 14.4 Å². The van der Waals surface area contributed by atoms with E-state index in [1.807, 2.05) is 17.9 Å². The lowest BCUT2D eigenvalue weighted by Gasteiger charge is -2.32. The zero-order chi connectivity index (χ0) is 16.2. The first kappa shape index (κ1) is 15.4. The zero-order valence-electron chi connectivity index (χ0n) is 13.0. The fourth-order valence-corrected chi connectivity index (χ4v) is 2.73. The number of piperidine rings is 1. The topological polar surface area (TPSA) is 58.1 Å². The highest BCUT2D eigenvalue weighted by atomic mass is 19.1. The smallest absolute Gasteiger partial charge is 0.228 e. The third-order valence-electron chi connectivity index (χ3n) is 4.07. The minimum absolute atomic E-state index is 0.0255. The van der Waals surface area contributed by atoms with E-state index in [1.54, 1.807) is 24.5 Å². The predicted molar refractivity (Wildman–Crippen MR) is 86.7 cm³/mol. The third kappa shape index (κ3) is 3.64. The standard InChI is InChI=1S/C17H19FN4O/c1-12-4-5-15(20-11-12)21-17(23)13-6-9-22(10-7-13)16-14(18)3-2-8-19-16/h2-5,8,11,13H,6-7,9-10H2,1H3,(H,20,21,23). The van der Waals surface area contributed by atoms with Gasteiger partial charge in [0, 0.05) is 31.4 Å². The number of carbonyl (C=O) groups excluding carboxylic acids is 1. The highest BCUT2D eigenvalue weighted by Crippen LogP contribution is 2.24. The third-order valence-corrected chi connectivity index (χ3v) is 4.07. The van der Waals surface area contributed by atoms with E-state index in [2.05, 4.69) is 15.3 Å². The molecular weight excluding hydrogens is 295 g/mol. The number of hydrogen-bond donors (Lipinski definition) is 1. The van der Waals surface area contributed by atoms with Crippen molar-refractivity contribution >= 4 is 17.5 Å². The highest BCUT2D eigenvalue weighted by Gasteiger charge is 2.26. The Morgan fingerprint density at radius 2 is 2.04 bits per heavy atom. The van der Waals surface area contributed by atoms with Crippen molar-refractivity contribution in [3.05, 3.63) is 48.0 Å². The lowest BCUT2D eigenvalue weighted by atomic mass is 9.96. The largest absolute Gasteiger partial charge is 0.354 e. The SMILES string of the molecule is Cc1ccc(NC(=O)C2CCN(c3ncccc3F)CC2)nc1. The molecule has 1 N–H and O–H groups in total. The van der Waals surface area contributed by atoms with Crippen molar-refractivity contribution in [3.63, 3.8) is 0 Å². The molecular formula is C17H19FN4O. The van der Waals surface area contributed by atoms with Gasteiger partial charge >= 0.3 is 0 Å². The van der Waals surface area contributed by atoms with E-state index in [4.69, 9.17) is 0 Å². The van der Waals surface area contributed by atoms with Gasteiger partial charge in [0.05, 0.1) is 0 Å². The molecule has 1 aliphatic rings. The summed E-state index contributed by atoms with van der Waals surface area (Å²) in [6.45, 7) is 3.19. The van der Waals surface area contributed by atoms with Crippen LogP contribution in [-0.2, 0) is 4.79 Å². The minimum atomic E-state index is -0.320. The number of halogens is 1. The molecule has 0 saturated carbocycles. The maximum absolute atomic E-state index is 13.8. The summed E-state index contributed by atoms with van der Waals surface area (Å²) in [5, 5.41) is 2.85. The second-order valence-electron chi connectivity index (χ2n) is 5.78. The monoisotopic (exact) mass is 314 g/mol. The van der Waals surface area contributed by atoms with Gasteiger partial charge in [0.1, 0.15) is 5.82 Å². The number of anilines is 2. The molecule has 0 aromatic carbocycles. The average molecular weight is 314 g/mol. The molecule has 0 radical (unpaired) electrons. The lowest BCUT2D eigenvalue weighted by Crippen LogP contribution is -2.39. The van der Waals surface area contributed by atoms with Gasteiger partial charge in [-0.1, -0.05) is 6.07 Å². The Bertz CT molecular complexity index is 681. The van der Waals surface area contributed by atoms with Crippen LogP contribution >= 0.6 is 0 Å². The molecule has 2 aromatic rings. The minimum Gasteiger partial charge on any atom is -0.354 e. The molecule has 23 heavy (non-hydrogen) atoms. The Labute approximate surface area is 134 Å². The Morgan fingerprint density at radius 1 is 1.26 bits per heavy atom. The Morgan fingerprint density at radius 3 is 2.70 bits per heavy atom. The Balaban J connectivity index is 1.57. The summed E-state index contributed by atoms with van der Waals surface area (Å²) in [7, 11) is 0. The van der Waals surface area contributed by atoms with Crippen molar-refractivity contribution in [3.8, 4) is 0 Å². The second-order valence-corrected chi connectivity index (χ2v) is 5.78. The van der Waals surface area contributed by atoms with E-state index >= 15 is 0 Å². The van der Waals surface area contributed by atoms with Crippen LogP contribution in [0.1, 0.15) is 18.4 Å². The van der Waals surface area contributed by atoms with E-state index in [-0.39, 0.29) is 17.6 Å². The summed E-state index contributed by atoms with van der Waals surface area (Å²) in [4.78, 5) is 22.5. The molecule has 1 aliphatic heterocycles. The summed E-state index contributed by atoms with van der Waals surface area (Å²) in [5.41, 5.74) is 1.05. The summed E-state index contributed by atoms with van der Waals surface area (Å²) >= 11 is 0. The lowest BCUT2D eigenvalue weighted by molar-refractivity contribution is -0.120. The molecule has 3 rings (SSSR count). The van der Waals surface area contributed by atoms with Crippen molar-refractivity contribution in [1.29, 1.82) is 0 Å². The van der Waals surface area contributed by atoms with E-state index in [1.165, 1.54) is 6.07 Å². The number of nitrogens with zero attached hydrogens (tertiary/aromatic N) is 3. The molecule has 0 bridgehead atoms. The molecule has 0 aliphatic carbocycles. The number of rotatable bonds is 3. The number of nitrogens with one attached hydrogen (secondary N) is 1. The summed E-state index contributed by atoms with van der Waals surface area (Å²) < 4.78 is 13.8. The van der Waals surface area contributed by atoms with Gasteiger partial charge in [0.25, 0.3) is 0 Å². The molecule has 6 heteroatoms. The van der Waals surface area contributed by atoms with Crippen LogP contribution in [0.25, 0.3) is 0 Å². The molecule has 120 valence electrons. The fourth-order valence-electron chi connectivity index (χ4n) is 2.73. The zero-order valence-corrected chi connectivity index (χ0v) is 13.0. The van der Waals surface area contributed by atoms with Gasteiger partial charge in [0.15, 0.2) is 11.6 Å². The quantitative estimate of drug-likeness (QED) is 0.946. The van der Waals surface area contributed by atoms with Crippen LogP contribution in [0.15, 0.2) is 36.7 Å². The molecule has 2 aromatic heterocycles. The van der Waals surface area contributed by atoms with Crippen molar-refractivity contribution in [2.75, 3.05) is 23.3 Å². The van der Waals surface area contributed by atoms with Gasteiger partial charge in [-0.3, -0.25) is 4.79 Å². The molecule has 0 spiro atoms. The number of hydrogen-bond acceptors (Lipinski definition) is 4. The number of amides is 1. The highest BCUT2D eigenvalue weighted by molar-refractivity contribution is 5.91. The first-order valence-electron chi connectivity index (χ1n) is 7.72.